The minimum absolute atomic E-state index is 0.113. The van der Waals surface area contributed by atoms with Crippen molar-refractivity contribution >= 4 is 46.8 Å². The average molecular weight is 573 g/mol. The lowest BCUT2D eigenvalue weighted by Gasteiger charge is -2.41. The summed E-state index contributed by atoms with van der Waals surface area (Å²) in [5, 5.41) is 10.9. The number of likely N-dealkylation sites (tertiary alicyclic amines) is 1. The number of aliphatic hydroxyl groups excluding tert-OH is 1. The predicted octanol–water partition coefficient (Wildman–Crippen LogP) is 4.54. The SMILES string of the molecule is Cc1cccc(Cl)c1N1CC=C[C@]23S[C@@]4(C)/C=C\CCCCOC(=O)[C@H]4[C@H]2C(=O)N([C@@H](CO)C(C)C)C3C1=O. The second kappa shape index (κ2) is 10.6. The molecule has 0 radical (unpaired) electrons. The van der Waals surface area contributed by atoms with Crippen LogP contribution in [-0.4, -0.2) is 69.1 Å². The number of ether oxygens (including phenoxy) is 1. The molecule has 1 aromatic carbocycles. The quantitative estimate of drug-likeness (QED) is 0.421. The van der Waals surface area contributed by atoms with Crippen molar-refractivity contribution in [2.75, 3.05) is 24.7 Å². The summed E-state index contributed by atoms with van der Waals surface area (Å²) in [5.74, 6) is -2.64. The van der Waals surface area contributed by atoms with Gasteiger partial charge in [0.15, 0.2) is 0 Å². The number of esters is 1. The van der Waals surface area contributed by atoms with Gasteiger partial charge < -0.3 is 19.6 Å². The van der Waals surface area contributed by atoms with E-state index in [1.165, 1.54) is 11.8 Å². The molecule has 5 rings (SSSR count). The molecule has 210 valence electrons. The third kappa shape index (κ3) is 4.43. The van der Waals surface area contributed by atoms with E-state index < -0.39 is 39.4 Å². The van der Waals surface area contributed by atoms with Crippen molar-refractivity contribution in [2.24, 2.45) is 17.8 Å². The number of aryl methyl sites for hydroxylation is 1. The van der Waals surface area contributed by atoms with Crippen LogP contribution in [0.15, 0.2) is 42.5 Å². The van der Waals surface area contributed by atoms with E-state index in [0.29, 0.717) is 17.3 Å². The van der Waals surface area contributed by atoms with Crippen LogP contribution >= 0.6 is 23.4 Å². The van der Waals surface area contributed by atoms with E-state index >= 15 is 0 Å². The van der Waals surface area contributed by atoms with Crippen molar-refractivity contribution < 1.29 is 24.2 Å². The van der Waals surface area contributed by atoms with Crippen LogP contribution in [0.2, 0.25) is 5.02 Å². The van der Waals surface area contributed by atoms with Gasteiger partial charge >= 0.3 is 5.97 Å². The molecule has 4 aliphatic rings. The molecule has 2 saturated heterocycles. The molecule has 7 nitrogen and oxygen atoms in total. The maximum Gasteiger partial charge on any atom is 0.311 e. The zero-order valence-corrected chi connectivity index (χ0v) is 24.5. The topological polar surface area (TPSA) is 87.2 Å². The molecule has 39 heavy (non-hydrogen) atoms. The van der Waals surface area contributed by atoms with Gasteiger partial charge in [0.1, 0.15) is 6.04 Å². The summed E-state index contributed by atoms with van der Waals surface area (Å²) in [6.45, 7) is 8.05. The number of hydrogen-bond donors (Lipinski definition) is 1. The number of para-hydroxylation sites is 1. The van der Waals surface area contributed by atoms with Crippen molar-refractivity contribution in [3.8, 4) is 0 Å². The normalized spacial score (nSPS) is 34.3. The van der Waals surface area contributed by atoms with Crippen LogP contribution in [0.25, 0.3) is 0 Å². The van der Waals surface area contributed by atoms with Crippen molar-refractivity contribution in [2.45, 2.75) is 68.5 Å². The zero-order valence-electron chi connectivity index (χ0n) is 22.9. The van der Waals surface area contributed by atoms with Crippen molar-refractivity contribution in [1.82, 2.24) is 4.90 Å². The fraction of sp³-hybridized carbons (Fsp3) is 0.567. The molecule has 0 aliphatic carbocycles. The molecule has 0 aromatic heterocycles. The van der Waals surface area contributed by atoms with Crippen LogP contribution < -0.4 is 4.90 Å². The molecular weight excluding hydrogens is 536 g/mol. The Labute approximate surface area is 239 Å². The first-order valence-corrected chi connectivity index (χ1v) is 15.0. The highest BCUT2D eigenvalue weighted by Gasteiger charge is 2.74. The predicted molar refractivity (Wildman–Crippen MR) is 154 cm³/mol. The number of allylic oxidation sites excluding steroid dienone is 1. The number of cyclic esters (lactones) is 1. The fourth-order valence-electron chi connectivity index (χ4n) is 6.88. The van der Waals surface area contributed by atoms with Gasteiger partial charge in [-0.25, -0.2) is 0 Å². The molecule has 0 saturated carbocycles. The van der Waals surface area contributed by atoms with Crippen molar-refractivity contribution in [1.29, 1.82) is 0 Å². The Hall–Kier alpha value is -2.29. The number of fused-ring (bicyclic) bond motifs is 2. The summed E-state index contributed by atoms with van der Waals surface area (Å²) >= 11 is 8.15. The first-order valence-electron chi connectivity index (χ1n) is 13.8. The van der Waals surface area contributed by atoms with Crippen LogP contribution in [0.1, 0.15) is 45.6 Å². The molecule has 2 amide bonds. The number of nitrogens with zero attached hydrogens (tertiary/aromatic N) is 2. The first kappa shape index (κ1) is 28.2. The maximum atomic E-state index is 14.7. The minimum Gasteiger partial charge on any atom is -0.465 e. The Kier molecular flexibility index (Phi) is 7.68. The summed E-state index contributed by atoms with van der Waals surface area (Å²) in [4.78, 5) is 46.1. The summed E-state index contributed by atoms with van der Waals surface area (Å²) in [6.07, 6.45) is 10.6. The molecule has 6 atom stereocenters. The van der Waals surface area contributed by atoms with Crippen LogP contribution in [0.5, 0.6) is 0 Å². The van der Waals surface area contributed by atoms with Gasteiger partial charge in [0, 0.05) is 11.3 Å². The van der Waals surface area contributed by atoms with Crippen molar-refractivity contribution in [3.05, 3.63) is 53.1 Å². The lowest BCUT2D eigenvalue weighted by atomic mass is 9.74. The van der Waals surface area contributed by atoms with Gasteiger partial charge in [-0.2, -0.15) is 0 Å². The second-order valence-electron chi connectivity index (χ2n) is 11.6. The summed E-state index contributed by atoms with van der Waals surface area (Å²) in [7, 11) is 0. The number of hydrogen-bond acceptors (Lipinski definition) is 6. The third-order valence-corrected chi connectivity index (χ3v) is 10.8. The zero-order chi connectivity index (χ0) is 28.1. The number of benzene rings is 1. The van der Waals surface area contributed by atoms with Gasteiger partial charge in [0.25, 0.3) is 5.91 Å². The molecule has 1 aromatic rings. The molecule has 2 fully saturated rings. The van der Waals surface area contributed by atoms with Crippen LogP contribution in [0, 0.1) is 24.7 Å². The monoisotopic (exact) mass is 572 g/mol. The van der Waals surface area contributed by atoms with E-state index in [9.17, 15) is 19.5 Å². The summed E-state index contributed by atoms with van der Waals surface area (Å²) in [5.41, 5.74) is 1.46. The highest BCUT2D eigenvalue weighted by atomic mass is 35.5. The average Bonchev–Trinajstić information content (AvgIpc) is 3.20. The maximum absolute atomic E-state index is 14.7. The van der Waals surface area contributed by atoms with Gasteiger partial charge in [0.05, 0.1) is 46.5 Å². The number of halogens is 1. The van der Waals surface area contributed by atoms with E-state index in [1.54, 1.807) is 15.9 Å². The molecule has 0 bridgehead atoms. The van der Waals surface area contributed by atoms with Gasteiger partial charge in [-0.1, -0.05) is 61.9 Å². The first-order chi connectivity index (χ1) is 18.6. The molecule has 4 heterocycles. The molecule has 1 spiro atoms. The van der Waals surface area contributed by atoms with E-state index in [1.807, 2.05) is 58.1 Å². The number of amides is 2. The lowest BCUT2D eigenvalue weighted by molar-refractivity contribution is -0.155. The largest absolute Gasteiger partial charge is 0.465 e. The van der Waals surface area contributed by atoms with E-state index in [-0.39, 0.29) is 30.9 Å². The number of thioether (sulfide) groups is 1. The number of rotatable bonds is 4. The lowest BCUT2D eigenvalue weighted by Crippen LogP contribution is -2.58. The Morgan fingerprint density at radius 3 is 2.59 bits per heavy atom. The number of aliphatic hydroxyl groups is 1. The Morgan fingerprint density at radius 1 is 1.13 bits per heavy atom. The Bertz CT molecular complexity index is 1210. The van der Waals surface area contributed by atoms with Gasteiger partial charge in [-0.05, 0) is 50.7 Å². The van der Waals surface area contributed by atoms with Gasteiger partial charge in [-0.3, -0.25) is 14.4 Å². The number of carbonyl (C=O) groups is 3. The molecule has 4 aliphatic heterocycles. The van der Waals surface area contributed by atoms with E-state index in [0.717, 1.165) is 24.8 Å². The fourth-order valence-corrected chi connectivity index (χ4v) is 9.34. The van der Waals surface area contributed by atoms with Crippen LogP contribution in [-0.2, 0) is 19.1 Å². The Balaban J connectivity index is 1.71. The minimum atomic E-state index is -1.02. The molecule has 1 unspecified atom stereocenters. The summed E-state index contributed by atoms with van der Waals surface area (Å²) in [6, 6.07) is 3.99. The van der Waals surface area contributed by atoms with E-state index in [2.05, 4.69) is 6.08 Å². The number of carbonyl (C=O) groups excluding carboxylic acids is 3. The smallest absolute Gasteiger partial charge is 0.311 e. The highest BCUT2D eigenvalue weighted by molar-refractivity contribution is 8.02. The summed E-state index contributed by atoms with van der Waals surface area (Å²) < 4.78 is 3.98. The second-order valence-corrected chi connectivity index (χ2v) is 13.8. The van der Waals surface area contributed by atoms with Gasteiger partial charge in [0.2, 0.25) is 5.91 Å². The van der Waals surface area contributed by atoms with Crippen LogP contribution in [0.3, 0.4) is 0 Å². The Morgan fingerprint density at radius 2 is 1.90 bits per heavy atom. The third-order valence-electron chi connectivity index (χ3n) is 8.71. The molecule has 1 N–H and O–H groups in total. The molecular formula is C30H37ClN2O5S. The number of anilines is 1. The molecule has 9 heteroatoms. The standard InChI is InChI=1S/C30H37ClN2O5S/c1-18(2)21(17-34)33-25-27(36)32(24-19(3)11-9-12-20(24)31)15-10-14-30(25)22(26(33)35)23-28(37)38-16-8-6-5-7-13-29(23,4)39-30/h7,9-14,18,21-23,25,34H,5-6,8,15-17H2,1-4H3/b13-7-/t21-,22-,23+,25?,29-,30-/m0/s1. The highest BCUT2D eigenvalue weighted by Crippen LogP contribution is 2.65. The van der Waals surface area contributed by atoms with E-state index in [4.69, 9.17) is 16.3 Å². The van der Waals surface area contributed by atoms with Gasteiger partial charge in [-0.15, -0.1) is 11.8 Å². The van der Waals surface area contributed by atoms with Crippen molar-refractivity contribution in [3.63, 3.8) is 0 Å². The van der Waals surface area contributed by atoms with Crippen LogP contribution in [0.4, 0.5) is 5.69 Å².